The van der Waals surface area contributed by atoms with Crippen LogP contribution in [0.1, 0.15) is 20.8 Å². The highest BCUT2D eigenvalue weighted by Gasteiger charge is 2.12. The Bertz CT molecular complexity index is 526. The third-order valence-electron chi connectivity index (χ3n) is 2.41. The molecule has 0 unspecified atom stereocenters. The Morgan fingerprint density at radius 2 is 2.00 bits per heavy atom. The van der Waals surface area contributed by atoms with E-state index in [1.165, 1.54) is 16.9 Å². The normalized spacial score (nSPS) is 10.5. The molecular weight excluding hydrogens is 320 g/mol. The Balaban J connectivity index is 2.14. The molecule has 17 heavy (non-hydrogen) atoms. The second-order valence-electron chi connectivity index (χ2n) is 3.82. The van der Waals surface area contributed by atoms with E-state index in [0.29, 0.717) is 15.6 Å². The van der Waals surface area contributed by atoms with Gasteiger partial charge in [-0.2, -0.15) is 0 Å². The first-order valence-electron chi connectivity index (χ1n) is 5.10. The molecule has 0 aliphatic rings. The highest BCUT2D eigenvalue weighted by atomic mass is 79.9. The molecular formula is C13H10BrClOS. The molecule has 4 heteroatoms. The lowest BCUT2D eigenvalue weighted by atomic mass is 10.1. The summed E-state index contributed by atoms with van der Waals surface area (Å²) < 4.78 is 1.41. The van der Waals surface area contributed by atoms with Gasteiger partial charge >= 0.3 is 0 Å². The van der Waals surface area contributed by atoms with E-state index in [2.05, 4.69) is 15.9 Å². The van der Waals surface area contributed by atoms with E-state index in [-0.39, 0.29) is 5.78 Å². The minimum atomic E-state index is 0.103. The van der Waals surface area contributed by atoms with Gasteiger partial charge in [-0.05, 0) is 34.5 Å². The van der Waals surface area contributed by atoms with Crippen LogP contribution in [-0.4, -0.2) is 5.78 Å². The molecule has 0 amide bonds. The maximum absolute atomic E-state index is 12.0. The highest BCUT2D eigenvalue weighted by Crippen LogP contribution is 2.32. The van der Waals surface area contributed by atoms with Gasteiger partial charge in [0.15, 0.2) is 5.78 Å². The van der Waals surface area contributed by atoms with Crippen molar-refractivity contribution in [1.82, 2.24) is 0 Å². The van der Waals surface area contributed by atoms with Crippen LogP contribution in [0.3, 0.4) is 0 Å². The number of hydrogen-bond acceptors (Lipinski definition) is 2. The molecule has 0 spiro atoms. The van der Waals surface area contributed by atoms with Crippen molar-refractivity contribution < 1.29 is 4.79 Å². The molecule has 0 saturated carbocycles. The molecule has 1 heterocycles. The zero-order valence-corrected chi connectivity index (χ0v) is 12.3. The molecule has 0 N–H and O–H groups in total. The number of carbonyl (C=O) groups is 1. The van der Waals surface area contributed by atoms with Crippen molar-refractivity contribution in [3.63, 3.8) is 0 Å². The van der Waals surface area contributed by atoms with E-state index in [0.717, 1.165) is 10.0 Å². The van der Waals surface area contributed by atoms with Gasteiger partial charge in [0.2, 0.25) is 0 Å². The molecule has 0 atom stereocenters. The van der Waals surface area contributed by atoms with Gasteiger partial charge in [0.1, 0.15) is 4.34 Å². The maximum Gasteiger partial charge on any atom is 0.177 e. The van der Waals surface area contributed by atoms with E-state index in [1.807, 2.05) is 31.2 Å². The van der Waals surface area contributed by atoms with Gasteiger partial charge in [0.05, 0.1) is 4.88 Å². The number of hydrogen-bond donors (Lipinski definition) is 0. The summed E-state index contributed by atoms with van der Waals surface area (Å²) in [4.78, 5) is 12.7. The van der Waals surface area contributed by atoms with Crippen LogP contribution in [-0.2, 0) is 6.42 Å². The van der Waals surface area contributed by atoms with Gasteiger partial charge in [-0.1, -0.05) is 41.4 Å². The van der Waals surface area contributed by atoms with Crippen molar-refractivity contribution in [3.8, 4) is 0 Å². The summed E-state index contributed by atoms with van der Waals surface area (Å²) in [7, 11) is 0. The van der Waals surface area contributed by atoms with Gasteiger partial charge in [0.25, 0.3) is 0 Å². The van der Waals surface area contributed by atoms with Crippen molar-refractivity contribution >= 4 is 44.7 Å². The molecule has 1 aromatic heterocycles. The smallest absolute Gasteiger partial charge is 0.177 e. The molecule has 0 radical (unpaired) electrons. The van der Waals surface area contributed by atoms with Gasteiger partial charge in [-0.25, -0.2) is 0 Å². The first-order valence-corrected chi connectivity index (χ1v) is 7.08. The topological polar surface area (TPSA) is 17.1 Å². The van der Waals surface area contributed by atoms with Crippen LogP contribution in [0.4, 0.5) is 0 Å². The Morgan fingerprint density at radius 3 is 2.53 bits per heavy atom. The second-order valence-corrected chi connectivity index (χ2v) is 6.33. The van der Waals surface area contributed by atoms with Crippen LogP contribution in [0.5, 0.6) is 0 Å². The Labute approximate surface area is 118 Å². The van der Waals surface area contributed by atoms with E-state index < -0.39 is 0 Å². The summed E-state index contributed by atoms with van der Waals surface area (Å²) in [6.45, 7) is 2.03. The van der Waals surface area contributed by atoms with Crippen molar-refractivity contribution in [2.24, 2.45) is 0 Å². The fourth-order valence-corrected chi connectivity index (χ4v) is 3.10. The molecule has 1 aromatic carbocycles. The van der Waals surface area contributed by atoms with Crippen molar-refractivity contribution in [2.45, 2.75) is 13.3 Å². The lowest BCUT2D eigenvalue weighted by Gasteiger charge is -1.99. The zero-order valence-electron chi connectivity index (χ0n) is 9.17. The number of thiophene rings is 1. The summed E-state index contributed by atoms with van der Waals surface area (Å²) in [5.74, 6) is 0.103. The average Bonchev–Trinajstić information content (AvgIpc) is 2.63. The number of Topliss-reactive ketones (excluding diaryl/α,β-unsaturated/α-hetero) is 1. The van der Waals surface area contributed by atoms with Crippen LogP contribution in [0.15, 0.2) is 34.8 Å². The molecule has 0 saturated heterocycles. The molecule has 0 aliphatic heterocycles. The first-order chi connectivity index (χ1) is 8.06. The monoisotopic (exact) mass is 328 g/mol. The first kappa shape index (κ1) is 12.8. The fraction of sp³-hybridized carbons (Fsp3) is 0.154. The van der Waals surface area contributed by atoms with Crippen molar-refractivity contribution in [3.05, 3.63) is 55.1 Å². The fourth-order valence-electron chi connectivity index (χ4n) is 1.46. The van der Waals surface area contributed by atoms with Crippen LogP contribution >= 0.6 is 38.9 Å². The Kier molecular flexibility index (Phi) is 4.02. The zero-order chi connectivity index (χ0) is 12.4. The summed E-state index contributed by atoms with van der Waals surface area (Å²) >= 11 is 10.5. The molecule has 1 nitrogen and oxygen atoms in total. The minimum Gasteiger partial charge on any atom is -0.293 e. The van der Waals surface area contributed by atoms with Crippen LogP contribution in [0, 0.1) is 6.92 Å². The van der Waals surface area contributed by atoms with Gasteiger partial charge in [0, 0.05) is 10.9 Å². The quantitative estimate of drug-likeness (QED) is 0.732. The largest absolute Gasteiger partial charge is 0.293 e. The summed E-state index contributed by atoms with van der Waals surface area (Å²) in [5, 5.41) is 0. The van der Waals surface area contributed by atoms with Gasteiger partial charge < -0.3 is 0 Å². The van der Waals surface area contributed by atoms with Crippen LogP contribution in [0.25, 0.3) is 0 Å². The molecule has 2 aromatic rings. The number of halogens is 2. The van der Waals surface area contributed by atoms with Crippen LogP contribution in [0.2, 0.25) is 4.34 Å². The number of carbonyl (C=O) groups excluding carboxylic acids is 1. The summed E-state index contributed by atoms with van der Waals surface area (Å²) in [5.41, 5.74) is 2.23. The molecule has 0 fully saturated rings. The highest BCUT2D eigenvalue weighted by molar-refractivity contribution is 9.10. The van der Waals surface area contributed by atoms with Crippen molar-refractivity contribution in [1.29, 1.82) is 0 Å². The van der Waals surface area contributed by atoms with Crippen molar-refractivity contribution in [2.75, 3.05) is 0 Å². The van der Waals surface area contributed by atoms with Crippen LogP contribution < -0.4 is 0 Å². The third kappa shape index (κ3) is 3.18. The SMILES string of the molecule is Cc1ccc(CC(=O)c2cc(Br)c(Cl)s2)cc1. The van der Waals surface area contributed by atoms with Gasteiger partial charge in [-0.15, -0.1) is 11.3 Å². The van der Waals surface area contributed by atoms with Gasteiger partial charge in [-0.3, -0.25) is 4.79 Å². The minimum absolute atomic E-state index is 0.103. The Morgan fingerprint density at radius 1 is 1.35 bits per heavy atom. The molecule has 2 rings (SSSR count). The summed E-state index contributed by atoms with van der Waals surface area (Å²) in [6, 6.07) is 9.78. The predicted molar refractivity (Wildman–Crippen MR) is 76.2 cm³/mol. The average molecular weight is 330 g/mol. The third-order valence-corrected chi connectivity index (χ3v) is 4.92. The maximum atomic E-state index is 12.0. The van der Waals surface area contributed by atoms with E-state index in [9.17, 15) is 4.79 Å². The lowest BCUT2D eigenvalue weighted by molar-refractivity contribution is 0.0997. The number of rotatable bonds is 3. The Hall–Kier alpha value is -0.640. The summed E-state index contributed by atoms with van der Waals surface area (Å²) in [6.07, 6.45) is 0.420. The molecule has 88 valence electrons. The molecule has 0 aliphatic carbocycles. The van der Waals surface area contributed by atoms with E-state index in [4.69, 9.17) is 11.6 Å². The molecule has 0 bridgehead atoms. The number of ketones is 1. The van der Waals surface area contributed by atoms with E-state index in [1.54, 1.807) is 6.07 Å². The number of benzene rings is 1. The number of aryl methyl sites for hydroxylation is 1. The second kappa shape index (κ2) is 5.34. The standard InChI is InChI=1S/C13H10BrClOS/c1-8-2-4-9(5-3-8)6-11(16)12-7-10(14)13(15)17-12/h2-5,7H,6H2,1H3. The van der Waals surface area contributed by atoms with E-state index >= 15 is 0 Å². The predicted octanol–water partition coefficient (Wildman–Crippen LogP) is 4.90. The lowest BCUT2D eigenvalue weighted by Crippen LogP contribution is -2.00.